The number of likely N-dealkylation sites (N-methyl/N-ethyl adjacent to an activating group) is 1. The minimum atomic E-state index is -0.316. The van der Waals surface area contributed by atoms with Crippen molar-refractivity contribution in [3.8, 4) is 5.75 Å². The molecule has 0 aromatic heterocycles. The average Bonchev–Trinajstić information content (AvgIpc) is 2.83. The number of nitrogens with zero attached hydrogens (tertiary/aromatic N) is 3. The Morgan fingerprint density at radius 2 is 1.68 bits per heavy atom. The molecule has 2 amide bonds. The fraction of sp³-hybridized carbons (Fsp3) is 0.500. The molecule has 1 unspecified atom stereocenters. The molecule has 2 fully saturated rings. The maximum Gasteiger partial charge on any atom is 0.251 e. The smallest absolute Gasteiger partial charge is 0.251 e. The lowest BCUT2D eigenvalue weighted by molar-refractivity contribution is -0.123. The van der Waals surface area contributed by atoms with E-state index in [1.54, 1.807) is 31.4 Å². The first-order chi connectivity index (χ1) is 10.6. The Labute approximate surface area is 130 Å². The van der Waals surface area contributed by atoms with Gasteiger partial charge in [-0.15, -0.1) is 0 Å². The maximum absolute atomic E-state index is 12.7. The number of imide groups is 1. The van der Waals surface area contributed by atoms with Crippen molar-refractivity contribution >= 4 is 17.5 Å². The van der Waals surface area contributed by atoms with Gasteiger partial charge >= 0.3 is 0 Å². The van der Waals surface area contributed by atoms with Crippen molar-refractivity contribution in [3.05, 3.63) is 24.3 Å². The van der Waals surface area contributed by atoms with E-state index in [9.17, 15) is 9.59 Å². The zero-order valence-corrected chi connectivity index (χ0v) is 13.0. The molecule has 2 aliphatic rings. The molecule has 0 saturated carbocycles. The van der Waals surface area contributed by atoms with Gasteiger partial charge in [0.1, 0.15) is 5.75 Å². The number of piperazine rings is 1. The summed E-state index contributed by atoms with van der Waals surface area (Å²) in [6.45, 7) is 3.52. The first kappa shape index (κ1) is 15.0. The molecular weight excluding hydrogens is 282 g/mol. The van der Waals surface area contributed by atoms with E-state index in [4.69, 9.17) is 4.74 Å². The second-order valence-electron chi connectivity index (χ2n) is 5.82. The highest BCUT2D eigenvalue weighted by molar-refractivity contribution is 6.22. The summed E-state index contributed by atoms with van der Waals surface area (Å²) in [7, 11) is 3.66. The lowest BCUT2D eigenvalue weighted by atomic mass is 10.2. The van der Waals surface area contributed by atoms with E-state index >= 15 is 0 Å². The van der Waals surface area contributed by atoms with Gasteiger partial charge in [0.15, 0.2) is 0 Å². The third-order valence-electron chi connectivity index (χ3n) is 4.43. The molecule has 2 heterocycles. The highest BCUT2D eigenvalue weighted by Crippen LogP contribution is 2.27. The molecule has 22 heavy (non-hydrogen) atoms. The van der Waals surface area contributed by atoms with Crippen LogP contribution in [0.5, 0.6) is 5.75 Å². The van der Waals surface area contributed by atoms with Crippen LogP contribution in [0, 0.1) is 0 Å². The van der Waals surface area contributed by atoms with Gasteiger partial charge in [-0.05, 0) is 31.3 Å². The van der Waals surface area contributed by atoms with Gasteiger partial charge < -0.3 is 9.64 Å². The topological polar surface area (TPSA) is 53.1 Å². The molecule has 3 rings (SSSR count). The lowest BCUT2D eigenvalue weighted by Crippen LogP contribution is -2.51. The Kier molecular flexibility index (Phi) is 4.13. The number of carbonyl (C=O) groups is 2. The number of anilines is 1. The molecule has 1 atom stereocenters. The number of rotatable bonds is 3. The Bertz CT molecular complexity index is 565. The zero-order chi connectivity index (χ0) is 15.7. The van der Waals surface area contributed by atoms with Crippen LogP contribution < -0.4 is 9.64 Å². The Morgan fingerprint density at radius 3 is 2.27 bits per heavy atom. The molecule has 1 aromatic carbocycles. The van der Waals surface area contributed by atoms with Crippen molar-refractivity contribution in [2.24, 2.45) is 0 Å². The van der Waals surface area contributed by atoms with E-state index in [0.29, 0.717) is 11.4 Å². The number of ether oxygens (including phenoxy) is 1. The van der Waals surface area contributed by atoms with Crippen LogP contribution in [0.15, 0.2) is 24.3 Å². The normalized spacial score (nSPS) is 24.1. The molecule has 0 spiro atoms. The van der Waals surface area contributed by atoms with Crippen LogP contribution in [0.25, 0.3) is 0 Å². The van der Waals surface area contributed by atoms with Crippen molar-refractivity contribution in [1.29, 1.82) is 0 Å². The second-order valence-corrected chi connectivity index (χ2v) is 5.82. The van der Waals surface area contributed by atoms with Crippen molar-refractivity contribution in [1.82, 2.24) is 9.80 Å². The number of hydrogen-bond acceptors (Lipinski definition) is 5. The Balaban J connectivity index is 1.76. The van der Waals surface area contributed by atoms with Crippen LogP contribution in [0.1, 0.15) is 6.42 Å². The van der Waals surface area contributed by atoms with Crippen LogP contribution in [0.2, 0.25) is 0 Å². The van der Waals surface area contributed by atoms with Crippen molar-refractivity contribution in [2.75, 3.05) is 45.2 Å². The fourth-order valence-electron chi connectivity index (χ4n) is 3.04. The molecule has 1 aromatic rings. The highest BCUT2D eigenvalue weighted by Gasteiger charge is 2.43. The minimum absolute atomic E-state index is 0.111. The van der Waals surface area contributed by atoms with Gasteiger partial charge in [0, 0.05) is 26.2 Å². The summed E-state index contributed by atoms with van der Waals surface area (Å²) in [5.41, 5.74) is 0.618. The third-order valence-corrected chi connectivity index (χ3v) is 4.43. The monoisotopic (exact) mass is 303 g/mol. The molecule has 2 saturated heterocycles. The largest absolute Gasteiger partial charge is 0.497 e. The van der Waals surface area contributed by atoms with E-state index < -0.39 is 0 Å². The number of amides is 2. The van der Waals surface area contributed by atoms with Gasteiger partial charge in [0.2, 0.25) is 5.91 Å². The Hall–Kier alpha value is -1.92. The molecule has 0 bridgehead atoms. The van der Waals surface area contributed by atoms with Crippen LogP contribution in [-0.4, -0.2) is 68.0 Å². The number of benzene rings is 1. The summed E-state index contributed by atoms with van der Waals surface area (Å²) in [5.74, 6) is 0.470. The molecule has 6 nitrogen and oxygen atoms in total. The van der Waals surface area contributed by atoms with Crippen LogP contribution in [0.4, 0.5) is 5.69 Å². The molecule has 2 aliphatic heterocycles. The number of hydrogen-bond donors (Lipinski definition) is 0. The molecule has 0 radical (unpaired) electrons. The number of methoxy groups -OCH3 is 1. The summed E-state index contributed by atoms with van der Waals surface area (Å²) in [6.07, 6.45) is 0.272. The predicted molar refractivity (Wildman–Crippen MR) is 83.0 cm³/mol. The van der Waals surface area contributed by atoms with Crippen LogP contribution >= 0.6 is 0 Å². The van der Waals surface area contributed by atoms with Gasteiger partial charge in [0.05, 0.1) is 25.3 Å². The highest BCUT2D eigenvalue weighted by atomic mass is 16.5. The molecular formula is C16H21N3O3. The minimum Gasteiger partial charge on any atom is -0.497 e. The molecule has 0 aliphatic carbocycles. The van der Waals surface area contributed by atoms with Crippen LogP contribution in [-0.2, 0) is 9.59 Å². The molecule has 6 heteroatoms. The van der Waals surface area contributed by atoms with E-state index in [1.807, 2.05) is 0 Å². The summed E-state index contributed by atoms with van der Waals surface area (Å²) in [5, 5.41) is 0. The number of carbonyl (C=O) groups excluding carboxylic acids is 2. The standard InChI is InChI=1S/C16H21N3O3/c1-17-7-9-18(10-8-17)14-11-15(20)19(16(14)21)12-3-5-13(22-2)6-4-12/h3-6,14H,7-11H2,1-2H3. The molecule has 118 valence electrons. The van der Waals surface area contributed by atoms with Gasteiger partial charge in [-0.2, -0.15) is 0 Å². The maximum atomic E-state index is 12.7. The quantitative estimate of drug-likeness (QED) is 0.764. The van der Waals surface area contributed by atoms with Gasteiger partial charge in [0.25, 0.3) is 5.91 Å². The summed E-state index contributed by atoms with van der Waals surface area (Å²) in [6, 6.07) is 6.71. The van der Waals surface area contributed by atoms with E-state index in [-0.39, 0.29) is 24.3 Å². The van der Waals surface area contributed by atoms with E-state index in [2.05, 4.69) is 16.8 Å². The third kappa shape index (κ3) is 2.71. The van der Waals surface area contributed by atoms with E-state index in [1.165, 1.54) is 4.90 Å². The summed E-state index contributed by atoms with van der Waals surface area (Å²) < 4.78 is 5.11. The zero-order valence-electron chi connectivity index (χ0n) is 13.0. The van der Waals surface area contributed by atoms with Crippen molar-refractivity contribution in [3.63, 3.8) is 0 Å². The fourth-order valence-corrected chi connectivity index (χ4v) is 3.04. The first-order valence-corrected chi connectivity index (χ1v) is 7.53. The van der Waals surface area contributed by atoms with E-state index in [0.717, 1.165) is 26.2 Å². The van der Waals surface area contributed by atoms with Gasteiger partial charge in [-0.3, -0.25) is 14.5 Å². The van der Waals surface area contributed by atoms with Crippen molar-refractivity contribution in [2.45, 2.75) is 12.5 Å². The van der Waals surface area contributed by atoms with Gasteiger partial charge in [-0.25, -0.2) is 4.90 Å². The summed E-state index contributed by atoms with van der Waals surface area (Å²) in [4.78, 5) is 30.6. The van der Waals surface area contributed by atoms with Crippen LogP contribution in [0.3, 0.4) is 0 Å². The predicted octanol–water partition coefficient (Wildman–Crippen LogP) is 0.574. The summed E-state index contributed by atoms with van der Waals surface area (Å²) >= 11 is 0. The second kappa shape index (κ2) is 6.06. The SMILES string of the molecule is COc1ccc(N2C(=O)CC(N3CCN(C)CC3)C2=O)cc1. The molecule has 0 N–H and O–H groups in total. The van der Waals surface area contributed by atoms with Gasteiger partial charge in [-0.1, -0.05) is 0 Å². The van der Waals surface area contributed by atoms with Crippen molar-refractivity contribution < 1.29 is 14.3 Å². The Morgan fingerprint density at radius 1 is 1.05 bits per heavy atom. The lowest BCUT2D eigenvalue weighted by Gasteiger charge is -2.35. The average molecular weight is 303 g/mol. The first-order valence-electron chi connectivity index (χ1n) is 7.53.